The van der Waals surface area contributed by atoms with E-state index in [1.165, 1.54) is 0 Å². The summed E-state index contributed by atoms with van der Waals surface area (Å²) < 4.78 is 12.3. The number of rotatable bonds is 11. The van der Waals surface area contributed by atoms with Gasteiger partial charge in [0.1, 0.15) is 17.2 Å². The van der Waals surface area contributed by atoms with Gasteiger partial charge in [0.15, 0.2) is 0 Å². The molecule has 5 heteroatoms. The minimum absolute atomic E-state index is 0.220. The van der Waals surface area contributed by atoms with E-state index in [4.69, 9.17) is 9.47 Å². The summed E-state index contributed by atoms with van der Waals surface area (Å²) in [5.74, 6) is 0.710. The Morgan fingerprint density at radius 3 is 1.93 bits per heavy atom. The van der Waals surface area contributed by atoms with Crippen LogP contribution in [0.5, 0.6) is 11.5 Å². The van der Waals surface area contributed by atoms with E-state index in [1.54, 1.807) is 0 Å². The Morgan fingerprint density at radius 2 is 1.27 bits per heavy atom. The average Bonchev–Trinajstić information content (AvgIpc) is 3.38. The first-order valence-electron chi connectivity index (χ1n) is 13.9. The number of hydrogen-bond acceptors (Lipinski definition) is 3. The van der Waals surface area contributed by atoms with E-state index in [0.29, 0.717) is 32.5 Å². The van der Waals surface area contributed by atoms with Gasteiger partial charge >= 0.3 is 5.97 Å². The van der Waals surface area contributed by atoms with Crippen molar-refractivity contribution >= 4 is 44.0 Å². The van der Waals surface area contributed by atoms with Crippen LogP contribution in [0.2, 0.25) is 0 Å². The molecule has 2 N–H and O–H groups in total. The van der Waals surface area contributed by atoms with Gasteiger partial charge in [-0.05, 0) is 46.9 Å². The predicted octanol–water partition coefficient (Wildman–Crippen LogP) is 8.67. The highest BCUT2D eigenvalue weighted by Crippen LogP contribution is 2.32. The third kappa shape index (κ3) is 5.39. The van der Waals surface area contributed by atoms with Crippen LogP contribution in [0.3, 0.4) is 0 Å². The molecule has 0 bridgehead atoms. The lowest BCUT2D eigenvalue weighted by Gasteiger charge is -2.12. The zero-order chi connectivity index (χ0) is 28.2. The molecule has 0 radical (unpaired) electrons. The summed E-state index contributed by atoms with van der Waals surface area (Å²) in [5, 5.41) is 15.3. The number of H-pyrrole nitrogens is 1. The molecule has 5 aromatic carbocycles. The van der Waals surface area contributed by atoms with Crippen LogP contribution < -0.4 is 9.47 Å². The molecule has 0 atom stereocenters. The zero-order valence-corrected chi connectivity index (χ0v) is 22.7. The first kappa shape index (κ1) is 26.2. The Labute approximate surface area is 238 Å². The number of fused-ring (bicyclic) bond motifs is 3. The van der Waals surface area contributed by atoms with Gasteiger partial charge in [0, 0.05) is 28.1 Å². The summed E-state index contributed by atoms with van der Waals surface area (Å²) in [7, 11) is 0. The highest BCUT2D eigenvalue weighted by Gasteiger charge is 2.19. The summed E-state index contributed by atoms with van der Waals surface area (Å²) in [4.78, 5) is 15.4. The van der Waals surface area contributed by atoms with Crippen molar-refractivity contribution in [3.05, 3.63) is 127 Å². The first-order valence-corrected chi connectivity index (χ1v) is 13.9. The molecule has 0 amide bonds. The van der Waals surface area contributed by atoms with Crippen molar-refractivity contribution in [1.29, 1.82) is 0 Å². The van der Waals surface area contributed by atoms with Crippen molar-refractivity contribution in [2.75, 3.05) is 13.2 Å². The highest BCUT2D eigenvalue weighted by molar-refractivity contribution is 6.01. The van der Waals surface area contributed by atoms with Crippen molar-refractivity contribution in [2.24, 2.45) is 0 Å². The Kier molecular flexibility index (Phi) is 7.42. The van der Waals surface area contributed by atoms with Crippen LogP contribution in [0.15, 0.2) is 110 Å². The van der Waals surface area contributed by atoms with Gasteiger partial charge in [-0.1, -0.05) is 97.6 Å². The summed E-state index contributed by atoms with van der Waals surface area (Å²) in [6.45, 7) is 5.27. The molecular formula is C36H31NO4. The zero-order valence-electron chi connectivity index (χ0n) is 22.7. The summed E-state index contributed by atoms with van der Waals surface area (Å²) in [5.41, 5.74) is 3.60. The number of carboxylic acids is 1. The fourth-order valence-corrected chi connectivity index (χ4v) is 5.50. The van der Waals surface area contributed by atoms with E-state index in [1.807, 2.05) is 72.8 Å². The number of aromatic carboxylic acids is 1. The molecule has 0 fully saturated rings. The number of nitrogens with one attached hydrogen (secondary N) is 1. The molecule has 0 aliphatic heterocycles. The Bertz CT molecular complexity index is 1870. The fraction of sp³-hybridized carbons (Fsp3) is 0.139. The number of carbonyl (C=O) groups is 1. The smallest absolute Gasteiger partial charge is 0.352 e. The molecule has 0 spiro atoms. The number of ether oxygens (including phenoxy) is 2. The summed E-state index contributed by atoms with van der Waals surface area (Å²) in [6, 6.07) is 34.3. The van der Waals surface area contributed by atoms with Crippen LogP contribution in [-0.2, 0) is 6.42 Å². The molecule has 41 heavy (non-hydrogen) atoms. The molecule has 204 valence electrons. The second-order valence-electron chi connectivity index (χ2n) is 10.1. The van der Waals surface area contributed by atoms with Crippen LogP contribution in [0, 0.1) is 0 Å². The monoisotopic (exact) mass is 541 g/mol. The maximum absolute atomic E-state index is 12.2. The van der Waals surface area contributed by atoms with Crippen molar-refractivity contribution < 1.29 is 19.4 Å². The third-order valence-electron chi connectivity index (χ3n) is 7.53. The van der Waals surface area contributed by atoms with Crippen molar-refractivity contribution in [1.82, 2.24) is 4.98 Å². The molecule has 0 unspecified atom stereocenters. The summed E-state index contributed by atoms with van der Waals surface area (Å²) >= 11 is 0. The second kappa shape index (κ2) is 11.6. The molecule has 0 aliphatic rings. The van der Waals surface area contributed by atoms with Crippen LogP contribution in [0.4, 0.5) is 0 Å². The Balaban J connectivity index is 1.16. The van der Waals surface area contributed by atoms with Gasteiger partial charge in [0.05, 0.1) is 18.7 Å². The van der Waals surface area contributed by atoms with Gasteiger partial charge in [0.2, 0.25) is 0 Å². The van der Waals surface area contributed by atoms with Gasteiger partial charge < -0.3 is 19.6 Å². The standard InChI is InChI=1S/C36H31NO4/c1-24(21-23-41-33-20-7-13-26-11-3-5-15-29(26)33)27-16-8-17-30-31(35(36(38)39)37-34(27)30)18-9-22-40-32-19-6-12-25-10-2-4-14-28(25)32/h2-8,10-17,19-20,37H,1,9,18,21-23H2,(H,38,39). The molecule has 0 aliphatic carbocycles. The van der Waals surface area contributed by atoms with Crippen molar-refractivity contribution in [3.63, 3.8) is 0 Å². The molecule has 0 saturated carbocycles. The van der Waals surface area contributed by atoms with Crippen LogP contribution in [0.25, 0.3) is 38.0 Å². The second-order valence-corrected chi connectivity index (χ2v) is 10.1. The fourth-order valence-electron chi connectivity index (χ4n) is 5.50. The lowest BCUT2D eigenvalue weighted by Crippen LogP contribution is -2.04. The number of aromatic nitrogens is 1. The average molecular weight is 542 g/mol. The number of para-hydroxylation sites is 1. The molecule has 6 aromatic rings. The highest BCUT2D eigenvalue weighted by atomic mass is 16.5. The Morgan fingerprint density at radius 1 is 0.707 bits per heavy atom. The van der Waals surface area contributed by atoms with E-state index in [9.17, 15) is 9.90 Å². The SMILES string of the molecule is C=C(CCOc1cccc2ccccc12)c1cccc2c(CCCOc3cccc4ccccc34)c(C(=O)O)[nH]c12. The van der Waals surface area contributed by atoms with Crippen LogP contribution in [-0.4, -0.2) is 29.3 Å². The lowest BCUT2D eigenvalue weighted by atomic mass is 9.99. The van der Waals surface area contributed by atoms with Gasteiger partial charge in [-0.2, -0.15) is 0 Å². The Hall–Kier alpha value is -5.03. The van der Waals surface area contributed by atoms with Crippen LogP contribution >= 0.6 is 0 Å². The maximum atomic E-state index is 12.2. The molecule has 0 saturated heterocycles. The minimum Gasteiger partial charge on any atom is -0.493 e. The molecule has 1 aromatic heterocycles. The third-order valence-corrected chi connectivity index (χ3v) is 7.53. The molecule has 6 rings (SSSR count). The predicted molar refractivity (Wildman–Crippen MR) is 166 cm³/mol. The molecular weight excluding hydrogens is 510 g/mol. The number of benzene rings is 5. The van der Waals surface area contributed by atoms with Crippen molar-refractivity contribution in [2.45, 2.75) is 19.3 Å². The van der Waals surface area contributed by atoms with Gasteiger partial charge in [-0.25, -0.2) is 4.79 Å². The van der Waals surface area contributed by atoms with Crippen molar-refractivity contribution in [3.8, 4) is 11.5 Å². The number of aromatic amines is 1. The van der Waals surface area contributed by atoms with E-state index in [-0.39, 0.29) is 5.69 Å². The van der Waals surface area contributed by atoms with E-state index >= 15 is 0 Å². The topological polar surface area (TPSA) is 71.6 Å². The molecule has 1 heterocycles. The van der Waals surface area contributed by atoms with E-state index in [2.05, 4.69) is 41.9 Å². The quantitative estimate of drug-likeness (QED) is 0.161. The van der Waals surface area contributed by atoms with E-state index in [0.717, 1.165) is 60.6 Å². The van der Waals surface area contributed by atoms with Gasteiger partial charge in [-0.15, -0.1) is 0 Å². The number of aryl methyl sites for hydroxylation is 1. The maximum Gasteiger partial charge on any atom is 0.352 e. The van der Waals surface area contributed by atoms with Gasteiger partial charge in [-0.3, -0.25) is 0 Å². The largest absolute Gasteiger partial charge is 0.493 e. The lowest BCUT2D eigenvalue weighted by molar-refractivity contribution is 0.0690. The number of hydrogen-bond donors (Lipinski definition) is 2. The van der Waals surface area contributed by atoms with Gasteiger partial charge in [0.25, 0.3) is 0 Å². The molecule has 5 nitrogen and oxygen atoms in total. The number of carboxylic acid groups (broad SMARTS) is 1. The minimum atomic E-state index is -0.970. The summed E-state index contributed by atoms with van der Waals surface area (Å²) in [6.07, 6.45) is 1.87. The first-order chi connectivity index (χ1) is 20.1. The van der Waals surface area contributed by atoms with Crippen LogP contribution in [0.1, 0.15) is 34.5 Å². The normalized spacial score (nSPS) is 11.2. The van der Waals surface area contributed by atoms with E-state index < -0.39 is 5.97 Å².